The molecule has 0 aromatic heterocycles. The van der Waals surface area contributed by atoms with Crippen molar-refractivity contribution in [3.63, 3.8) is 0 Å². The lowest BCUT2D eigenvalue weighted by molar-refractivity contribution is 0.0406. The van der Waals surface area contributed by atoms with Crippen LogP contribution >= 0.6 is 0 Å². The number of rotatable bonds is 7. The van der Waals surface area contributed by atoms with Crippen molar-refractivity contribution in [2.75, 3.05) is 19.8 Å². The summed E-state index contributed by atoms with van der Waals surface area (Å²) in [5.41, 5.74) is 0. The zero-order chi connectivity index (χ0) is 12.8. The second-order valence-corrected chi connectivity index (χ2v) is 10.7. The summed E-state index contributed by atoms with van der Waals surface area (Å²) >= 11 is 0. The second kappa shape index (κ2) is 6.74. The molecule has 1 atom stereocenters. The smallest absolute Gasteiger partial charge is 0.191 e. The molecule has 0 aromatic rings. The monoisotopic (exact) mass is 248 g/mol. The second-order valence-electron chi connectivity index (χ2n) is 5.89. The van der Waals surface area contributed by atoms with Crippen LogP contribution in [0.2, 0.25) is 18.1 Å². The Morgan fingerprint density at radius 1 is 1.19 bits per heavy atom. The third-order valence-corrected chi connectivity index (χ3v) is 7.60. The first-order valence-electron chi connectivity index (χ1n) is 6.06. The SMILES string of the molecule is CC(O)COCCCO[Si](C)(C)C(C)(C)C. The van der Waals surface area contributed by atoms with E-state index < -0.39 is 8.32 Å². The van der Waals surface area contributed by atoms with Crippen LogP contribution < -0.4 is 0 Å². The first-order valence-corrected chi connectivity index (χ1v) is 8.97. The van der Waals surface area contributed by atoms with Gasteiger partial charge in [-0.2, -0.15) is 0 Å². The molecule has 0 amide bonds. The molecule has 1 unspecified atom stereocenters. The van der Waals surface area contributed by atoms with E-state index >= 15 is 0 Å². The molecular formula is C12H28O3Si. The van der Waals surface area contributed by atoms with Crippen LogP contribution in [0.15, 0.2) is 0 Å². The molecule has 1 N–H and O–H groups in total. The fraction of sp³-hybridized carbons (Fsp3) is 1.00. The quantitative estimate of drug-likeness (QED) is 0.556. The zero-order valence-electron chi connectivity index (χ0n) is 11.7. The van der Waals surface area contributed by atoms with Crippen LogP contribution in [0.3, 0.4) is 0 Å². The third kappa shape index (κ3) is 6.63. The van der Waals surface area contributed by atoms with Crippen LogP contribution in [-0.4, -0.2) is 39.3 Å². The normalized spacial score (nSPS) is 15.2. The molecule has 0 heterocycles. The Labute approximate surface area is 101 Å². The molecule has 0 radical (unpaired) electrons. The Bertz CT molecular complexity index is 185. The average Bonchev–Trinajstić information content (AvgIpc) is 2.08. The molecule has 4 heteroatoms. The molecule has 0 rings (SSSR count). The Hall–Kier alpha value is 0.0969. The predicted octanol–water partition coefficient (Wildman–Crippen LogP) is 2.80. The molecule has 98 valence electrons. The van der Waals surface area contributed by atoms with Crippen LogP contribution in [0.1, 0.15) is 34.1 Å². The van der Waals surface area contributed by atoms with Gasteiger partial charge in [-0.25, -0.2) is 0 Å². The fourth-order valence-electron chi connectivity index (χ4n) is 0.959. The van der Waals surface area contributed by atoms with Gasteiger partial charge in [0.25, 0.3) is 0 Å². The summed E-state index contributed by atoms with van der Waals surface area (Å²) in [5.74, 6) is 0. The van der Waals surface area contributed by atoms with Crippen LogP contribution in [0.25, 0.3) is 0 Å². The highest BCUT2D eigenvalue weighted by Crippen LogP contribution is 2.36. The zero-order valence-corrected chi connectivity index (χ0v) is 12.7. The van der Waals surface area contributed by atoms with E-state index in [9.17, 15) is 0 Å². The topological polar surface area (TPSA) is 38.7 Å². The van der Waals surface area contributed by atoms with Gasteiger partial charge in [0.05, 0.1) is 12.7 Å². The number of hydrogen-bond acceptors (Lipinski definition) is 3. The lowest BCUT2D eigenvalue weighted by Crippen LogP contribution is -2.41. The van der Waals surface area contributed by atoms with E-state index in [0.717, 1.165) is 13.0 Å². The largest absolute Gasteiger partial charge is 0.417 e. The van der Waals surface area contributed by atoms with E-state index in [1.165, 1.54) is 0 Å². The van der Waals surface area contributed by atoms with Crippen molar-refractivity contribution >= 4 is 8.32 Å². The molecule has 0 aromatic carbocycles. The van der Waals surface area contributed by atoms with Gasteiger partial charge in [-0.1, -0.05) is 20.8 Å². The van der Waals surface area contributed by atoms with Gasteiger partial charge in [-0.15, -0.1) is 0 Å². The summed E-state index contributed by atoms with van der Waals surface area (Å²) in [4.78, 5) is 0. The molecule has 0 aliphatic rings. The molecule has 3 nitrogen and oxygen atoms in total. The first-order chi connectivity index (χ1) is 7.17. The Balaban J connectivity index is 3.59. The van der Waals surface area contributed by atoms with Crippen molar-refractivity contribution in [3.8, 4) is 0 Å². The van der Waals surface area contributed by atoms with E-state index in [-0.39, 0.29) is 11.1 Å². The van der Waals surface area contributed by atoms with Gasteiger partial charge in [-0.3, -0.25) is 0 Å². The Morgan fingerprint density at radius 3 is 2.19 bits per heavy atom. The van der Waals surface area contributed by atoms with Crippen molar-refractivity contribution in [3.05, 3.63) is 0 Å². The van der Waals surface area contributed by atoms with Crippen molar-refractivity contribution < 1.29 is 14.3 Å². The lowest BCUT2D eigenvalue weighted by Gasteiger charge is -2.36. The molecule has 0 saturated heterocycles. The van der Waals surface area contributed by atoms with Crippen molar-refractivity contribution in [1.29, 1.82) is 0 Å². The van der Waals surface area contributed by atoms with Crippen LogP contribution in [-0.2, 0) is 9.16 Å². The summed E-state index contributed by atoms with van der Waals surface area (Å²) < 4.78 is 11.3. The molecular weight excluding hydrogens is 220 g/mol. The van der Waals surface area contributed by atoms with Crippen molar-refractivity contribution in [2.45, 2.75) is 58.4 Å². The van der Waals surface area contributed by atoms with Crippen LogP contribution in [0.5, 0.6) is 0 Å². The Morgan fingerprint density at radius 2 is 1.75 bits per heavy atom. The Kier molecular flexibility index (Phi) is 6.78. The van der Waals surface area contributed by atoms with E-state index in [4.69, 9.17) is 14.3 Å². The molecule has 0 aliphatic heterocycles. The molecule has 16 heavy (non-hydrogen) atoms. The van der Waals surface area contributed by atoms with E-state index in [2.05, 4.69) is 33.9 Å². The van der Waals surface area contributed by atoms with Crippen LogP contribution in [0.4, 0.5) is 0 Å². The third-order valence-electron chi connectivity index (χ3n) is 3.06. The van der Waals surface area contributed by atoms with Gasteiger partial charge in [0, 0.05) is 13.2 Å². The van der Waals surface area contributed by atoms with Gasteiger partial charge >= 0.3 is 0 Å². The lowest BCUT2D eigenvalue weighted by atomic mass is 10.2. The summed E-state index contributed by atoms with van der Waals surface area (Å²) in [6, 6.07) is 0. The minimum Gasteiger partial charge on any atom is -0.417 e. The minimum atomic E-state index is -1.59. The van der Waals surface area contributed by atoms with Crippen molar-refractivity contribution in [1.82, 2.24) is 0 Å². The summed E-state index contributed by atoms with van der Waals surface area (Å²) in [5, 5.41) is 9.27. The fourth-order valence-corrected chi connectivity index (χ4v) is 2.05. The van der Waals surface area contributed by atoms with Gasteiger partial charge in [0.1, 0.15) is 0 Å². The van der Waals surface area contributed by atoms with E-state index in [1.54, 1.807) is 6.92 Å². The molecule has 0 fully saturated rings. The number of ether oxygens (including phenoxy) is 1. The number of aliphatic hydroxyl groups excluding tert-OH is 1. The first kappa shape index (κ1) is 16.1. The van der Waals surface area contributed by atoms with Gasteiger partial charge in [-0.05, 0) is 31.5 Å². The molecule has 0 bridgehead atoms. The maximum absolute atomic E-state index is 9.00. The highest BCUT2D eigenvalue weighted by atomic mass is 28.4. The van der Waals surface area contributed by atoms with Crippen molar-refractivity contribution in [2.24, 2.45) is 0 Å². The summed E-state index contributed by atoms with van der Waals surface area (Å²) in [6.07, 6.45) is 0.528. The summed E-state index contributed by atoms with van der Waals surface area (Å²) in [7, 11) is -1.59. The van der Waals surface area contributed by atoms with Crippen LogP contribution in [0, 0.1) is 0 Å². The molecule has 0 spiro atoms. The van der Waals surface area contributed by atoms with Gasteiger partial charge in [0.15, 0.2) is 8.32 Å². The van der Waals surface area contributed by atoms with E-state index in [0.29, 0.717) is 13.2 Å². The highest BCUT2D eigenvalue weighted by molar-refractivity contribution is 6.74. The number of aliphatic hydroxyl groups is 1. The summed E-state index contributed by atoms with van der Waals surface area (Å²) in [6.45, 7) is 14.8. The maximum Gasteiger partial charge on any atom is 0.191 e. The standard InChI is InChI=1S/C12H28O3Si/c1-11(13)10-14-8-7-9-15-16(5,6)12(2,3)4/h11,13H,7-10H2,1-6H3. The maximum atomic E-state index is 9.00. The van der Waals surface area contributed by atoms with Gasteiger partial charge < -0.3 is 14.3 Å². The average molecular weight is 248 g/mol. The minimum absolute atomic E-state index is 0.271. The predicted molar refractivity (Wildman–Crippen MR) is 70.3 cm³/mol. The number of hydrogen-bond donors (Lipinski definition) is 1. The van der Waals surface area contributed by atoms with E-state index in [1.807, 2.05) is 0 Å². The molecule has 0 aliphatic carbocycles. The molecule has 0 saturated carbocycles. The highest BCUT2D eigenvalue weighted by Gasteiger charge is 2.36. The van der Waals surface area contributed by atoms with Gasteiger partial charge in [0.2, 0.25) is 0 Å².